The molecular formula is C18H41BrN+. The van der Waals surface area contributed by atoms with E-state index in [2.05, 4.69) is 27.9 Å². The maximum atomic E-state index is 2.35. The van der Waals surface area contributed by atoms with Crippen LogP contribution in [0, 0.1) is 0 Å². The standard InChI is InChI=1S/C18H40N.BrH/c1-5-7-8-9-10-11-12-13-14-15-16-17-18-19(3,4)6-2;/h5-18H2,1-4H3;1H/q+1;. The molecule has 0 aliphatic rings. The molecule has 0 aliphatic heterocycles. The normalized spacial score (nSPS) is 11.4. The van der Waals surface area contributed by atoms with Gasteiger partial charge in [0.25, 0.3) is 0 Å². The lowest BCUT2D eigenvalue weighted by molar-refractivity contribution is -0.888. The SMILES string of the molecule is Br.CCCCCCCCCCCCCC[N+](C)(C)CC. The third-order valence-electron chi connectivity index (χ3n) is 4.47. The molecule has 124 valence electrons. The van der Waals surface area contributed by atoms with Gasteiger partial charge in [0.05, 0.1) is 27.2 Å². The first-order valence-corrected chi connectivity index (χ1v) is 8.94. The van der Waals surface area contributed by atoms with Crippen LogP contribution in [0.4, 0.5) is 0 Å². The molecule has 0 rings (SSSR count). The highest BCUT2D eigenvalue weighted by molar-refractivity contribution is 8.93. The topological polar surface area (TPSA) is 0 Å². The summed E-state index contributed by atoms with van der Waals surface area (Å²) in [5.41, 5.74) is 0. The molecule has 0 N–H and O–H groups in total. The number of halogens is 1. The zero-order valence-electron chi connectivity index (χ0n) is 14.8. The minimum atomic E-state index is 0. The fourth-order valence-electron chi connectivity index (χ4n) is 2.54. The summed E-state index contributed by atoms with van der Waals surface area (Å²) < 4.78 is 1.19. The third-order valence-corrected chi connectivity index (χ3v) is 4.47. The number of nitrogens with zero attached hydrogens (tertiary/aromatic N) is 1. The molecule has 0 aromatic carbocycles. The van der Waals surface area contributed by atoms with Crippen LogP contribution in [0.3, 0.4) is 0 Å². The van der Waals surface area contributed by atoms with Gasteiger partial charge in [-0.1, -0.05) is 71.1 Å². The van der Waals surface area contributed by atoms with Gasteiger partial charge in [-0.25, -0.2) is 0 Å². The van der Waals surface area contributed by atoms with E-state index in [-0.39, 0.29) is 17.0 Å². The molecule has 0 heterocycles. The lowest BCUT2D eigenvalue weighted by Gasteiger charge is -2.28. The highest BCUT2D eigenvalue weighted by Crippen LogP contribution is 2.12. The van der Waals surface area contributed by atoms with E-state index >= 15 is 0 Å². The second kappa shape index (κ2) is 15.8. The number of hydrogen-bond acceptors (Lipinski definition) is 0. The van der Waals surface area contributed by atoms with Gasteiger partial charge in [-0.15, -0.1) is 17.0 Å². The van der Waals surface area contributed by atoms with Gasteiger partial charge in [-0.3, -0.25) is 0 Å². The Kier molecular flexibility index (Phi) is 18.0. The molecular weight excluding hydrogens is 310 g/mol. The lowest BCUT2D eigenvalue weighted by Crippen LogP contribution is -2.39. The quantitative estimate of drug-likeness (QED) is 0.252. The molecule has 0 saturated heterocycles. The average Bonchev–Trinajstić information content (AvgIpc) is 2.40. The largest absolute Gasteiger partial charge is 0.329 e. The number of hydrogen-bond donors (Lipinski definition) is 0. The Hall–Kier alpha value is 0.440. The van der Waals surface area contributed by atoms with Crippen LogP contribution < -0.4 is 0 Å². The summed E-state index contributed by atoms with van der Waals surface area (Å²) >= 11 is 0. The fraction of sp³-hybridized carbons (Fsp3) is 1.00. The first kappa shape index (κ1) is 22.7. The van der Waals surface area contributed by atoms with Crippen molar-refractivity contribution in [1.82, 2.24) is 0 Å². The summed E-state index contributed by atoms with van der Waals surface area (Å²) in [7, 11) is 4.69. The Labute approximate surface area is 139 Å². The van der Waals surface area contributed by atoms with Crippen LogP contribution in [-0.2, 0) is 0 Å². The van der Waals surface area contributed by atoms with Crippen molar-refractivity contribution < 1.29 is 4.48 Å². The smallest absolute Gasteiger partial charge is 0.0782 e. The van der Waals surface area contributed by atoms with Crippen LogP contribution in [-0.4, -0.2) is 31.7 Å². The van der Waals surface area contributed by atoms with Gasteiger partial charge in [-0.2, -0.15) is 0 Å². The van der Waals surface area contributed by atoms with E-state index in [0.29, 0.717) is 0 Å². The number of unbranched alkanes of at least 4 members (excludes halogenated alkanes) is 11. The molecule has 0 aliphatic carbocycles. The van der Waals surface area contributed by atoms with Crippen LogP contribution in [0.15, 0.2) is 0 Å². The maximum absolute atomic E-state index is 2.35. The number of rotatable bonds is 14. The Morgan fingerprint density at radius 1 is 0.550 bits per heavy atom. The molecule has 0 amide bonds. The van der Waals surface area contributed by atoms with Gasteiger partial charge in [-0.05, 0) is 19.8 Å². The van der Waals surface area contributed by atoms with Crippen molar-refractivity contribution in [2.75, 3.05) is 27.2 Å². The molecule has 2 heteroatoms. The van der Waals surface area contributed by atoms with Crippen LogP contribution in [0.2, 0.25) is 0 Å². The molecule has 0 saturated carbocycles. The van der Waals surface area contributed by atoms with Crippen LogP contribution in [0.5, 0.6) is 0 Å². The van der Waals surface area contributed by atoms with Gasteiger partial charge in [0, 0.05) is 0 Å². The summed E-state index contributed by atoms with van der Waals surface area (Å²) in [6.45, 7) is 7.20. The van der Waals surface area contributed by atoms with Gasteiger partial charge in [0.2, 0.25) is 0 Å². The second-order valence-electron chi connectivity index (χ2n) is 6.86. The molecule has 20 heavy (non-hydrogen) atoms. The van der Waals surface area contributed by atoms with Crippen molar-refractivity contribution in [1.29, 1.82) is 0 Å². The molecule has 0 spiro atoms. The van der Waals surface area contributed by atoms with E-state index in [4.69, 9.17) is 0 Å². The second-order valence-corrected chi connectivity index (χ2v) is 6.86. The Balaban J connectivity index is 0. The summed E-state index contributed by atoms with van der Waals surface area (Å²) in [4.78, 5) is 0. The molecule has 1 nitrogen and oxygen atoms in total. The third kappa shape index (κ3) is 16.5. The zero-order chi connectivity index (χ0) is 14.4. The molecule has 0 bridgehead atoms. The average molecular weight is 351 g/mol. The number of quaternary nitrogens is 1. The minimum absolute atomic E-state index is 0. The highest BCUT2D eigenvalue weighted by Gasteiger charge is 2.09. The van der Waals surface area contributed by atoms with Crippen molar-refractivity contribution in [3.8, 4) is 0 Å². The lowest BCUT2D eigenvalue weighted by atomic mass is 10.1. The molecule has 0 atom stereocenters. The Morgan fingerprint density at radius 2 is 0.900 bits per heavy atom. The van der Waals surface area contributed by atoms with E-state index in [1.165, 1.54) is 94.6 Å². The summed E-state index contributed by atoms with van der Waals surface area (Å²) in [5.74, 6) is 0. The zero-order valence-corrected chi connectivity index (χ0v) is 16.5. The van der Waals surface area contributed by atoms with E-state index < -0.39 is 0 Å². The molecule has 0 fully saturated rings. The van der Waals surface area contributed by atoms with Crippen LogP contribution in [0.1, 0.15) is 90.9 Å². The Bertz CT molecular complexity index is 180. The summed E-state index contributed by atoms with van der Waals surface area (Å²) in [6, 6.07) is 0. The van der Waals surface area contributed by atoms with E-state index in [0.717, 1.165) is 0 Å². The summed E-state index contributed by atoms with van der Waals surface area (Å²) in [5, 5.41) is 0. The van der Waals surface area contributed by atoms with Crippen molar-refractivity contribution in [2.24, 2.45) is 0 Å². The van der Waals surface area contributed by atoms with Gasteiger partial charge < -0.3 is 4.48 Å². The van der Waals surface area contributed by atoms with E-state index in [9.17, 15) is 0 Å². The van der Waals surface area contributed by atoms with Crippen LogP contribution >= 0.6 is 17.0 Å². The van der Waals surface area contributed by atoms with Gasteiger partial charge in [0.1, 0.15) is 0 Å². The van der Waals surface area contributed by atoms with Crippen LogP contribution in [0.25, 0.3) is 0 Å². The highest BCUT2D eigenvalue weighted by atomic mass is 79.9. The molecule has 0 radical (unpaired) electrons. The first-order valence-electron chi connectivity index (χ1n) is 8.94. The van der Waals surface area contributed by atoms with Gasteiger partial charge >= 0.3 is 0 Å². The van der Waals surface area contributed by atoms with Crippen molar-refractivity contribution in [2.45, 2.75) is 90.9 Å². The van der Waals surface area contributed by atoms with E-state index in [1.54, 1.807) is 0 Å². The molecule has 0 unspecified atom stereocenters. The minimum Gasteiger partial charge on any atom is -0.329 e. The van der Waals surface area contributed by atoms with Crippen molar-refractivity contribution >= 4 is 17.0 Å². The monoisotopic (exact) mass is 350 g/mol. The first-order chi connectivity index (χ1) is 9.12. The maximum Gasteiger partial charge on any atom is 0.0782 e. The summed E-state index contributed by atoms with van der Waals surface area (Å²) in [6.07, 6.45) is 17.4. The molecule has 0 aromatic rings. The fourth-order valence-corrected chi connectivity index (χ4v) is 2.54. The predicted molar refractivity (Wildman–Crippen MR) is 98.9 cm³/mol. The van der Waals surface area contributed by atoms with Gasteiger partial charge in [0.15, 0.2) is 0 Å². The Morgan fingerprint density at radius 3 is 1.25 bits per heavy atom. The van der Waals surface area contributed by atoms with Crippen molar-refractivity contribution in [3.63, 3.8) is 0 Å². The van der Waals surface area contributed by atoms with E-state index in [1.807, 2.05) is 0 Å². The van der Waals surface area contributed by atoms with Crippen molar-refractivity contribution in [3.05, 3.63) is 0 Å². The predicted octanol–water partition coefficient (Wildman–Crippen LogP) is 6.36. The molecule has 0 aromatic heterocycles.